The Labute approximate surface area is 148 Å². The molecule has 0 bridgehead atoms. The molecule has 3 nitrogen and oxygen atoms in total. The van der Waals surface area contributed by atoms with Crippen LogP contribution in [0.5, 0.6) is 0 Å². The molecule has 0 radical (unpaired) electrons. The second kappa shape index (κ2) is 7.88. The molecule has 0 saturated carbocycles. The standard InChI is InChI=1S/C17H29O3PS2/c1-8-19-21(22,20-9-2)17(7,23(18)16(4,5)6)15-12-10-14(3)11-13-15/h10-13H,8-9H2,1-7H3/t17-,23?/m1/s1. The molecular weight excluding hydrogens is 347 g/mol. The fraction of sp³-hybridized carbons (Fsp3) is 0.647. The van der Waals surface area contributed by atoms with Gasteiger partial charge in [-0.05, 0) is 65.8 Å². The summed E-state index contributed by atoms with van der Waals surface area (Å²) in [6, 6.07) is 8.03. The maximum Gasteiger partial charge on any atom is 0.211 e. The Morgan fingerprint density at radius 2 is 1.48 bits per heavy atom. The van der Waals surface area contributed by atoms with Crippen LogP contribution < -0.4 is 0 Å². The maximum absolute atomic E-state index is 13.5. The number of aryl methyl sites for hydroxylation is 1. The van der Waals surface area contributed by atoms with E-state index < -0.39 is 26.5 Å². The average molecular weight is 377 g/mol. The third kappa shape index (κ3) is 4.32. The van der Waals surface area contributed by atoms with Crippen molar-refractivity contribution in [2.24, 2.45) is 0 Å². The topological polar surface area (TPSA) is 35.5 Å². The molecule has 1 aromatic carbocycles. The molecular formula is C17H29O3PS2. The van der Waals surface area contributed by atoms with Crippen molar-refractivity contribution in [3.63, 3.8) is 0 Å². The largest absolute Gasteiger partial charge is 0.328 e. The van der Waals surface area contributed by atoms with Crippen LogP contribution in [0.2, 0.25) is 0 Å². The SMILES string of the molecule is CCOP(=S)(OCC)[C@@](C)(c1ccc(C)cc1)S(=O)C(C)(C)C. The molecule has 0 amide bonds. The molecule has 0 heterocycles. The number of hydrogen-bond donors (Lipinski definition) is 0. The number of benzene rings is 1. The molecule has 0 aliphatic heterocycles. The molecule has 132 valence electrons. The van der Waals surface area contributed by atoms with Gasteiger partial charge in [-0.2, -0.15) is 0 Å². The van der Waals surface area contributed by atoms with E-state index in [1.807, 2.05) is 72.7 Å². The molecule has 6 heteroatoms. The predicted octanol–water partition coefficient (Wildman–Crippen LogP) is 5.10. The van der Waals surface area contributed by atoms with Crippen molar-refractivity contribution < 1.29 is 13.3 Å². The van der Waals surface area contributed by atoms with Gasteiger partial charge in [0.15, 0.2) is 0 Å². The van der Waals surface area contributed by atoms with Crippen molar-refractivity contribution in [1.29, 1.82) is 0 Å². The highest BCUT2D eigenvalue weighted by atomic mass is 32.5. The van der Waals surface area contributed by atoms with E-state index in [4.69, 9.17) is 20.9 Å². The molecule has 1 unspecified atom stereocenters. The summed E-state index contributed by atoms with van der Waals surface area (Å²) >= 11 is 5.87. The molecule has 0 aliphatic rings. The zero-order valence-corrected chi connectivity index (χ0v) is 17.7. The Balaban J connectivity index is 3.62. The van der Waals surface area contributed by atoms with Crippen LogP contribution >= 0.6 is 6.49 Å². The van der Waals surface area contributed by atoms with E-state index in [0.29, 0.717) is 13.2 Å². The van der Waals surface area contributed by atoms with Crippen LogP contribution in [-0.2, 0) is 36.1 Å². The smallest absolute Gasteiger partial charge is 0.211 e. The van der Waals surface area contributed by atoms with Gasteiger partial charge in [0, 0.05) is 15.5 Å². The summed E-state index contributed by atoms with van der Waals surface area (Å²) in [6.45, 7) is 11.8. The van der Waals surface area contributed by atoms with Gasteiger partial charge in [-0.3, -0.25) is 4.21 Å². The molecule has 0 saturated heterocycles. The predicted molar refractivity (Wildman–Crippen MR) is 104 cm³/mol. The Kier molecular flexibility index (Phi) is 7.19. The van der Waals surface area contributed by atoms with Gasteiger partial charge in [-0.1, -0.05) is 29.8 Å². The first-order valence-electron chi connectivity index (χ1n) is 7.91. The number of rotatable bonds is 7. The zero-order chi connectivity index (χ0) is 17.9. The zero-order valence-electron chi connectivity index (χ0n) is 15.2. The van der Waals surface area contributed by atoms with Crippen molar-refractivity contribution in [2.45, 2.75) is 57.7 Å². The normalized spacial score (nSPS) is 16.8. The Morgan fingerprint density at radius 1 is 1.04 bits per heavy atom. The first kappa shape index (κ1) is 21.0. The molecule has 0 aliphatic carbocycles. The van der Waals surface area contributed by atoms with Gasteiger partial charge in [-0.15, -0.1) is 0 Å². The monoisotopic (exact) mass is 376 g/mol. The first-order valence-corrected chi connectivity index (χ1v) is 11.7. The average Bonchev–Trinajstić information content (AvgIpc) is 2.45. The fourth-order valence-electron chi connectivity index (χ4n) is 2.45. The summed E-state index contributed by atoms with van der Waals surface area (Å²) in [5.74, 6) is 0. The van der Waals surface area contributed by atoms with Gasteiger partial charge in [0.25, 0.3) is 0 Å². The lowest BCUT2D eigenvalue weighted by molar-refractivity contribution is 0.256. The van der Waals surface area contributed by atoms with Crippen molar-refractivity contribution in [1.82, 2.24) is 0 Å². The summed E-state index contributed by atoms with van der Waals surface area (Å²) in [4.78, 5) is 0. The van der Waals surface area contributed by atoms with E-state index >= 15 is 0 Å². The van der Waals surface area contributed by atoms with Crippen LogP contribution in [0.4, 0.5) is 0 Å². The summed E-state index contributed by atoms with van der Waals surface area (Å²) in [7, 11) is -1.28. The molecule has 0 spiro atoms. The van der Waals surface area contributed by atoms with Crippen molar-refractivity contribution in [2.75, 3.05) is 13.2 Å². The first-order chi connectivity index (χ1) is 10.5. The summed E-state index contributed by atoms with van der Waals surface area (Å²) in [5.41, 5.74) is 2.07. The van der Waals surface area contributed by atoms with Gasteiger partial charge in [0.05, 0.1) is 13.2 Å². The Hall–Kier alpha value is -0.0600. The highest BCUT2D eigenvalue weighted by molar-refractivity contribution is 8.16. The minimum atomic E-state index is -2.80. The van der Waals surface area contributed by atoms with Crippen LogP contribution in [-0.4, -0.2) is 22.2 Å². The van der Waals surface area contributed by atoms with Gasteiger partial charge in [-0.25, -0.2) is 0 Å². The van der Waals surface area contributed by atoms with E-state index in [0.717, 1.165) is 11.1 Å². The van der Waals surface area contributed by atoms with Gasteiger partial charge in [0.1, 0.15) is 4.49 Å². The van der Waals surface area contributed by atoms with Gasteiger partial charge >= 0.3 is 0 Å². The third-order valence-electron chi connectivity index (χ3n) is 3.63. The van der Waals surface area contributed by atoms with Gasteiger partial charge < -0.3 is 9.05 Å². The van der Waals surface area contributed by atoms with Crippen LogP contribution in [0.15, 0.2) is 24.3 Å². The van der Waals surface area contributed by atoms with Crippen LogP contribution in [0.25, 0.3) is 0 Å². The minimum Gasteiger partial charge on any atom is -0.328 e. The molecule has 1 rings (SSSR count). The summed E-state index contributed by atoms with van der Waals surface area (Å²) < 4.78 is 24.1. The molecule has 1 aromatic rings. The molecule has 0 fully saturated rings. The maximum atomic E-state index is 13.5. The second-order valence-corrected chi connectivity index (χ2v) is 13.3. The Morgan fingerprint density at radius 3 is 1.83 bits per heavy atom. The van der Waals surface area contributed by atoms with E-state index in [1.165, 1.54) is 0 Å². The molecule has 0 aromatic heterocycles. The lowest BCUT2D eigenvalue weighted by atomic mass is 10.1. The van der Waals surface area contributed by atoms with Crippen molar-refractivity contribution in [3.8, 4) is 0 Å². The van der Waals surface area contributed by atoms with Crippen molar-refractivity contribution in [3.05, 3.63) is 35.4 Å². The van der Waals surface area contributed by atoms with E-state index in [-0.39, 0.29) is 0 Å². The van der Waals surface area contributed by atoms with E-state index in [9.17, 15) is 4.21 Å². The molecule has 2 atom stereocenters. The van der Waals surface area contributed by atoms with Crippen LogP contribution in [0.1, 0.15) is 52.7 Å². The number of hydrogen-bond acceptors (Lipinski definition) is 4. The van der Waals surface area contributed by atoms with E-state index in [1.54, 1.807) is 0 Å². The van der Waals surface area contributed by atoms with Gasteiger partial charge in [0.2, 0.25) is 6.49 Å². The fourth-order valence-corrected chi connectivity index (χ4v) is 9.21. The van der Waals surface area contributed by atoms with Crippen molar-refractivity contribution >= 4 is 29.1 Å². The summed E-state index contributed by atoms with van der Waals surface area (Å²) in [6.07, 6.45) is 0. The lowest BCUT2D eigenvalue weighted by Crippen LogP contribution is -2.39. The lowest BCUT2D eigenvalue weighted by Gasteiger charge is -2.42. The molecule has 23 heavy (non-hydrogen) atoms. The minimum absolute atomic E-state index is 0.433. The highest BCUT2D eigenvalue weighted by Gasteiger charge is 2.52. The highest BCUT2D eigenvalue weighted by Crippen LogP contribution is 2.67. The van der Waals surface area contributed by atoms with Crippen LogP contribution in [0, 0.1) is 6.92 Å². The Bertz CT molecular complexity index is 583. The molecule has 0 N–H and O–H groups in total. The quantitative estimate of drug-likeness (QED) is 0.621. The van der Waals surface area contributed by atoms with Crippen LogP contribution in [0.3, 0.4) is 0 Å². The third-order valence-corrected chi connectivity index (χ3v) is 11.5. The summed E-state index contributed by atoms with van der Waals surface area (Å²) in [5, 5.41) is 0. The second-order valence-electron chi connectivity index (χ2n) is 6.56. The van der Waals surface area contributed by atoms with E-state index in [2.05, 4.69) is 0 Å².